The number of nitrogens with zero attached hydrogens (tertiary/aromatic N) is 1. The Morgan fingerprint density at radius 1 is 0.925 bits per heavy atom. The molecule has 2 N–H and O–H groups in total. The second-order valence-corrected chi connectivity index (χ2v) is 10.3. The Morgan fingerprint density at radius 2 is 1.60 bits per heavy atom. The zero-order valence-electron chi connectivity index (χ0n) is 22.8. The number of aryl methyl sites for hydroxylation is 1. The molecule has 0 spiro atoms. The van der Waals surface area contributed by atoms with Gasteiger partial charge in [0.25, 0.3) is 5.91 Å². The van der Waals surface area contributed by atoms with Gasteiger partial charge < -0.3 is 20.1 Å². The summed E-state index contributed by atoms with van der Waals surface area (Å²) in [6.07, 6.45) is 0.458. The van der Waals surface area contributed by atoms with Gasteiger partial charge in [0.05, 0.1) is 25.2 Å². The van der Waals surface area contributed by atoms with Crippen molar-refractivity contribution in [3.8, 4) is 5.75 Å². The van der Waals surface area contributed by atoms with Crippen molar-refractivity contribution in [2.45, 2.75) is 38.5 Å². The standard InChI is InChI=1S/C34H34N2O4/c1-23-8-12-27(13-9-23)33(38)35-22-24-10-16-28(17-11-24)36-32(26-14-18-29(40-2)19-15-26)30(34(36)39)20-21-31(37)25-6-4-3-5-7-25/h3-19,30-32,37H,20-22H2,1-2H3,(H,35,38). The molecule has 4 aromatic carbocycles. The smallest absolute Gasteiger partial charge is 0.251 e. The lowest BCUT2D eigenvalue weighted by atomic mass is 9.78. The monoisotopic (exact) mass is 534 g/mol. The average molecular weight is 535 g/mol. The van der Waals surface area contributed by atoms with E-state index in [0.717, 1.165) is 33.7 Å². The lowest BCUT2D eigenvalue weighted by molar-refractivity contribution is -0.131. The summed E-state index contributed by atoms with van der Waals surface area (Å²) in [5.74, 6) is 0.442. The number of carbonyl (C=O) groups excluding carboxylic acids is 2. The number of aliphatic hydroxyl groups excluding tert-OH is 1. The summed E-state index contributed by atoms with van der Waals surface area (Å²) < 4.78 is 5.33. The van der Waals surface area contributed by atoms with E-state index in [1.54, 1.807) is 7.11 Å². The van der Waals surface area contributed by atoms with Crippen molar-refractivity contribution in [1.29, 1.82) is 0 Å². The first-order valence-electron chi connectivity index (χ1n) is 13.6. The normalized spacial score (nSPS) is 17.2. The highest BCUT2D eigenvalue weighted by molar-refractivity contribution is 6.03. The molecule has 0 saturated carbocycles. The molecule has 1 aliphatic heterocycles. The van der Waals surface area contributed by atoms with Gasteiger partial charge >= 0.3 is 0 Å². The van der Waals surface area contributed by atoms with Crippen LogP contribution in [0.15, 0.2) is 103 Å². The van der Waals surface area contributed by atoms with Crippen molar-refractivity contribution in [2.75, 3.05) is 12.0 Å². The Balaban J connectivity index is 1.29. The SMILES string of the molecule is COc1ccc(C2C(CCC(O)c3ccccc3)C(=O)N2c2ccc(CNC(=O)c3ccc(C)cc3)cc2)cc1. The van der Waals surface area contributed by atoms with Gasteiger partial charge in [0.2, 0.25) is 5.91 Å². The molecule has 3 unspecified atom stereocenters. The first kappa shape index (κ1) is 27.2. The van der Waals surface area contributed by atoms with E-state index in [2.05, 4.69) is 5.32 Å². The molecule has 204 valence electrons. The maximum Gasteiger partial charge on any atom is 0.251 e. The minimum absolute atomic E-state index is 0.0431. The molecule has 3 atom stereocenters. The highest BCUT2D eigenvalue weighted by atomic mass is 16.5. The van der Waals surface area contributed by atoms with E-state index >= 15 is 0 Å². The summed E-state index contributed by atoms with van der Waals surface area (Å²) in [7, 11) is 1.63. The number of hydrogen-bond donors (Lipinski definition) is 2. The first-order chi connectivity index (χ1) is 19.4. The van der Waals surface area contributed by atoms with Crippen LogP contribution in [0.4, 0.5) is 5.69 Å². The molecule has 1 saturated heterocycles. The molecule has 2 amide bonds. The van der Waals surface area contributed by atoms with E-state index < -0.39 is 6.10 Å². The molecule has 0 bridgehead atoms. The summed E-state index contributed by atoms with van der Waals surface area (Å²) in [4.78, 5) is 27.8. The van der Waals surface area contributed by atoms with Crippen molar-refractivity contribution >= 4 is 17.5 Å². The number of rotatable bonds is 10. The van der Waals surface area contributed by atoms with Crippen molar-refractivity contribution in [2.24, 2.45) is 5.92 Å². The number of aliphatic hydroxyl groups is 1. The number of methoxy groups -OCH3 is 1. The molecule has 0 aliphatic carbocycles. The Morgan fingerprint density at radius 3 is 2.25 bits per heavy atom. The van der Waals surface area contributed by atoms with Crippen LogP contribution in [0.5, 0.6) is 5.75 Å². The van der Waals surface area contributed by atoms with Crippen LogP contribution in [0, 0.1) is 12.8 Å². The molecule has 5 rings (SSSR count). The number of nitrogens with one attached hydrogen (secondary N) is 1. The fourth-order valence-corrected chi connectivity index (χ4v) is 5.24. The maximum atomic E-state index is 13.5. The van der Waals surface area contributed by atoms with E-state index in [1.807, 2.05) is 115 Å². The molecule has 1 fully saturated rings. The highest BCUT2D eigenvalue weighted by Crippen LogP contribution is 2.46. The van der Waals surface area contributed by atoms with E-state index in [0.29, 0.717) is 24.9 Å². The third kappa shape index (κ3) is 5.92. The van der Waals surface area contributed by atoms with Crippen molar-refractivity contribution in [1.82, 2.24) is 5.32 Å². The Kier molecular flexibility index (Phi) is 8.27. The van der Waals surface area contributed by atoms with Crippen LogP contribution in [0.25, 0.3) is 0 Å². The van der Waals surface area contributed by atoms with Crippen LogP contribution in [-0.2, 0) is 11.3 Å². The second kappa shape index (κ2) is 12.2. The van der Waals surface area contributed by atoms with Gasteiger partial charge in [-0.05, 0) is 72.9 Å². The van der Waals surface area contributed by atoms with Crippen molar-refractivity contribution in [3.63, 3.8) is 0 Å². The Bertz CT molecular complexity index is 1430. The van der Waals surface area contributed by atoms with Gasteiger partial charge in [0, 0.05) is 17.8 Å². The van der Waals surface area contributed by atoms with Gasteiger partial charge in [-0.15, -0.1) is 0 Å². The van der Waals surface area contributed by atoms with Gasteiger partial charge in [-0.25, -0.2) is 0 Å². The van der Waals surface area contributed by atoms with Crippen LogP contribution in [0.1, 0.15) is 57.6 Å². The van der Waals surface area contributed by atoms with Gasteiger partial charge in [-0.3, -0.25) is 9.59 Å². The van der Waals surface area contributed by atoms with E-state index in [1.165, 1.54) is 0 Å². The van der Waals surface area contributed by atoms with E-state index in [4.69, 9.17) is 4.74 Å². The zero-order chi connectivity index (χ0) is 28.1. The van der Waals surface area contributed by atoms with E-state index in [9.17, 15) is 14.7 Å². The number of ether oxygens (including phenoxy) is 1. The van der Waals surface area contributed by atoms with Crippen LogP contribution >= 0.6 is 0 Å². The molecule has 6 heteroatoms. The summed E-state index contributed by atoms with van der Waals surface area (Å²) in [6, 6.07) is 32.4. The third-order valence-electron chi connectivity index (χ3n) is 7.59. The van der Waals surface area contributed by atoms with Gasteiger partial charge in [0.15, 0.2) is 0 Å². The third-order valence-corrected chi connectivity index (χ3v) is 7.59. The van der Waals surface area contributed by atoms with Gasteiger partial charge in [-0.2, -0.15) is 0 Å². The summed E-state index contributed by atoms with van der Waals surface area (Å²) in [5, 5.41) is 13.7. The number of amides is 2. The maximum absolute atomic E-state index is 13.5. The summed E-state index contributed by atoms with van der Waals surface area (Å²) in [5.41, 5.74) is 5.36. The molecule has 4 aromatic rings. The summed E-state index contributed by atoms with van der Waals surface area (Å²) in [6.45, 7) is 2.38. The zero-order valence-corrected chi connectivity index (χ0v) is 22.8. The predicted molar refractivity (Wildman–Crippen MR) is 156 cm³/mol. The number of hydrogen-bond acceptors (Lipinski definition) is 4. The quantitative estimate of drug-likeness (QED) is 0.239. The molecule has 0 radical (unpaired) electrons. The van der Waals surface area contributed by atoms with Crippen LogP contribution < -0.4 is 15.0 Å². The second-order valence-electron chi connectivity index (χ2n) is 10.3. The number of carbonyl (C=O) groups is 2. The molecule has 40 heavy (non-hydrogen) atoms. The van der Waals surface area contributed by atoms with Crippen LogP contribution in [0.2, 0.25) is 0 Å². The number of benzene rings is 4. The van der Waals surface area contributed by atoms with Gasteiger partial charge in [-0.1, -0.05) is 72.3 Å². The fraction of sp³-hybridized carbons (Fsp3) is 0.235. The van der Waals surface area contributed by atoms with Crippen LogP contribution in [-0.4, -0.2) is 24.0 Å². The predicted octanol–water partition coefficient (Wildman–Crippen LogP) is 6.15. The largest absolute Gasteiger partial charge is 0.497 e. The molecule has 0 aromatic heterocycles. The molecule has 1 heterocycles. The molecule has 1 aliphatic rings. The fourth-order valence-electron chi connectivity index (χ4n) is 5.24. The minimum Gasteiger partial charge on any atom is -0.497 e. The lowest BCUT2D eigenvalue weighted by Gasteiger charge is -2.48. The lowest BCUT2D eigenvalue weighted by Crippen LogP contribution is -2.55. The van der Waals surface area contributed by atoms with Gasteiger partial charge in [0.1, 0.15) is 5.75 Å². The van der Waals surface area contributed by atoms with E-state index in [-0.39, 0.29) is 23.8 Å². The number of β-lactam (4-membered cyclic amide) rings is 1. The highest BCUT2D eigenvalue weighted by Gasteiger charge is 2.48. The topological polar surface area (TPSA) is 78.9 Å². The summed E-state index contributed by atoms with van der Waals surface area (Å²) >= 11 is 0. The molecular formula is C34H34N2O4. The Labute approximate surface area is 235 Å². The number of anilines is 1. The van der Waals surface area contributed by atoms with Crippen molar-refractivity contribution in [3.05, 3.63) is 131 Å². The Hall–Kier alpha value is -4.42. The molecule has 6 nitrogen and oxygen atoms in total. The van der Waals surface area contributed by atoms with Crippen LogP contribution in [0.3, 0.4) is 0 Å². The molecular weight excluding hydrogens is 500 g/mol. The minimum atomic E-state index is -0.617. The average Bonchev–Trinajstić information content (AvgIpc) is 3.00. The first-order valence-corrected chi connectivity index (χ1v) is 13.6. The van der Waals surface area contributed by atoms with Crippen molar-refractivity contribution < 1.29 is 19.4 Å².